The minimum absolute atomic E-state index is 0.129. The molecule has 2 aromatic carbocycles. The molecule has 0 saturated carbocycles. The predicted octanol–water partition coefficient (Wildman–Crippen LogP) is 1.20. The number of aromatic hydroxyl groups is 2. The highest BCUT2D eigenvalue weighted by molar-refractivity contribution is 5.95. The molecule has 0 fully saturated rings. The van der Waals surface area contributed by atoms with Crippen molar-refractivity contribution < 1.29 is 29.3 Å². The Hall–Kier alpha value is -3.42. The predicted molar refractivity (Wildman–Crippen MR) is 98.4 cm³/mol. The third-order valence-corrected chi connectivity index (χ3v) is 3.71. The highest BCUT2D eigenvalue weighted by Gasteiger charge is 2.10. The molecule has 0 aromatic heterocycles. The average Bonchev–Trinajstić information content (AvgIpc) is 2.64. The largest absolute Gasteiger partial charge is 0.508 e. The smallest absolute Gasteiger partial charge is 0.251 e. The van der Waals surface area contributed by atoms with Crippen molar-refractivity contribution in [2.45, 2.75) is 6.42 Å². The summed E-state index contributed by atoms with van der Waals surface area (Å²) in [5, 5.41) is 24.1. The number of benzene rings is 2. The Kier molecular flexibility index (Phi) is 6.87. The highest BCUT2D eigenvalue weighted by atomic mass is 16.5. The van der Waals surface area contributed by atoms with Crippen LogP contribution in [0.25, 0.3) is 0 Å². The number of amides is 2. The Balaban J connectivity index is 1.78. The van der Waals surface area contributed by atoms with Gasteiger partial charge in [0.2, 0.25) is 5.91 Å². The molecule has 27 heavy (non-hydrogen) atoms. The molecular weight excluding hydrogens is 352 g/mol. The van der Waals surface area contributed by atoms with Crippen LogP contribution >= 0.6 is 0 Å². The number of carbonyl (C=O) groups is 2. The van der Waals surface area contributed by atoms with E-state index in [2.05, 4.69) is 10.6 Å². The normalized spacial score (nSPS) is 10.1. The summed E-state index contributed by atoms with van der Waals surface area (Å²) in [6, 6.07) is 8.85. The summed E-state index contributed by atoms with van der Waals surface area (Å²) < 4.78 is 10.4. The van der Waals surface area contributed by atoms with Crippen LogP contribution in [0.5, 0.6) is 23.0 Å². The first-order valence-electron chi connectivity index (χ1n) is 8.21. The minimum atomic E-state index is -0.463. The van der Waals surface area contributed by atoms with Crippen molar-refractivity contribution >= 4 is 11.8 Å². The van der Waals surface area contributed by atoms with Crippen molar-refractivity contribution in [3.63, 3.8) is 0 Å². The van der Waals surface area contributed by atoms with Gasteiger partial charge in [-0.3, -0.25) is 9.59 Å². The van der Waals surface area contributed by atoms with Crippen LogP contribution in [0.1, 0.15) is 15.9 Å². The summed E-state index contributed by atoms with van der Waals surface area (Å²) in [6.45, 7) is 0.440. The van der Waals surface area contributed by atoms with Gasteiger partial charge in [-0.25, -0.2) is 0 Å². The van der Waals surface area contributed by atoms with Crippen LogP contribution in [-0.2, 0) is 11.2 Å². The van der Waals surface area contributed by atoms with Gasteiger partial charge in [0.15, 0.2) is 11.5 Å². The summed E-state index contributed by atoms with van der Waals surface area (Å²) in [4.78, 5) is 24.0. The number of hydrogen-bond donors (Lipinski definition) is 4. The molecule has 2 amide bonds. The lowest BCUT2D eigenvalue weighted by Crippen LogP contribution is -2.35. The fraction of sp³-hybridized carbons (Fsp3) is 0.263. The van der Waals surface area contributed by atoms with Crippen LogP contribution in [-0.4, -0.2) is 49.3 Å². The maximum Gasteiger partial charge on any atom is 0.251 e. The maximum atomic E-state index is 12.0. The Morgan fingerprint density at radius 2 is 1.52 bits per heavy atom. The fourth-order valence-electron chi connectivity index (χ4n) is 2.44. The number of ether oxygens (including phenoxy) is 2. The third kappa shape index (κ3) is 5.81. The number of nitrogens with one attached hydrogen (secondary N) is 2. The Labute approximate surface area is 156 Å². The van der Waals surface area contributed by atoms with E-state index < -0.39 is 5.91 Å². The molecule has 2 aromatic rings. The molecule has 4 N–H and O–H groups in total. The van der Waals surface area contributed by atoms with Crippen molar-refractivity contribution in [2.24, 2.45) is 0 Å². The van der Waals surface area contributed by atoms with E-state index in [1.54, 1.807) is 18.2 Å². The molecule has 0 heterocycles. The summed E-state index contributed by atoms with van der Waals surface area (Å²) in [5.41, 5.74) is 0.897. The van der Waals surface area contributed by atoms with E-state index in [0.29, 0.717) is 11.5 Å². The van der Waals surface area contributed by atoms with E-state index in [1.165, 1.54) is 26.4 Å². The zero-order chi connectivity index (χ0) is 19.8. The molecule has 2 rings (SSSR count). The first kappa shape index (κ1) is 19.9. The standard InChI is InChI=1S/C19H22N2O6/c1-26-16-4-3-12(7-17(16)27-2)8-18(24)20-5-6-21-19(25)13-9-14(22)11-15(23)10-13/h3-4,7,9-11,22-23H,5-6,8H2,1-2H3,(H,20,24)(H,21,25). The van der Waals surface area contributed by atoms with Crippen LogP contribution in [0.15, 0.2) is 36.4 Å². The molecule has 0 saturated heterocycles. The van der Waals surface area contributed by atoms with Gasteiger partial charge in [-0.05, 0) is 29.8 Å². The van der Waals surface area contributed by atoms with E-state index in [1.807, 2.05) is 0 Å². The van der Waals surface area contributed by atoms with Crippen LogP contribution in [0.3, 0.4) is 0 Å². The quantitative estimate of drug-likeness (QED) is 0.516. The van der Waals surface area contributed by atoms with Crippen LogP contribution in [0.4, 0.5) is 0 Å². The van der Waals surface area contributed by atoms with Gasteiger partial charge in [0, 0.05) is 24.7 Å². The first-order valence-corrected chi connectivity index (χ1v) is 8.21. The summed E-state index contributed by atoms with van der Waals surface area (Å²) in [7, 11) is 3.06. The van der Waals surface area contributed by atoms with Crippen molar-refractivity contribution in [1.82, 2.24) is 10.6 Å². The lowest BCUT2D eigenvalue weighted by atomic mass is 10.1. The van der Waals surface area contributed by atoms with Gasteiger partial charge in [0.1, 0.15) is 11.5 Å². The molecule has 0 aliphatic heterocycles. The van der Waals surface area contributed by atoms with Gasteiger partial charge in [0.05, 0.1) is 20.6 Å². The van der Waals surface area contributed by atoms with E-state index in [4.69, 9.17) is 9.47 Å². The van der Waals surface area contributed by atoms with Crippen molar-refractivity contribution in [1.29, 1.82) is 0 Å². The number of phenols is 2. The molecule has 0 spiro atoms. The summed E-state index contributed by atoms with van der Waals surface area (Å²) in [6.07, 6.45) is 0.161. The van der Waals surface area contributed by atoms with E-state index >= 15 is 0 Å². The number of phenolic OH excluding ortho intramolecular Hbond substituents is 2. The van der Waals surface area contributed by atoms with Gasteiger partial charge < -0.3 is 30.3 Å². The van der Waals surface area contributed by atoms with E-state index in [9.17, 15) is 19.8 Å². The van der Waals surface area contributed by atoms with Gasteiger partial charge in [0.25, 0.3) is 5.91 Å². The monoisotopic (exact) mass is 374 g/mol. The van der Waals surface area contributed by atoms with Crippen LogP contribution in [0.2, 0.25) is 0 Å². The second kappa shape index (κ2) is 9.33. The second-order valence-corrected chi connectivity index (χ2v) is 5.71. The van der Waals surface area contributed by atoms with Crippen LogP contribution in [0, 0.1) is 0 Å². The number of methoxy groups -OCH3 is 2. The highest BCUT2D eigenvalue weighted by Crippen LogP contribution is 2.27. The number of carbonyl (C=O) groups excluding carboxylic acids is 2. The summed E-state index contributed by atoms with van der Waals surface area (Å²) in [5.74, 6) is 0.0559. The Morgan fingerprint density at radius 3 is 2.15 bits per heavy atom. The molecule has 8 heteroatoms. The van der Waals surface area contributed by atoms with Crippen molar-refractivity contribution in [3.05, 3.63) is 47.5 Å². The molecule has 8 nitrogen and oxygen atoms in total. The zero-order valence-corrected chi connectivity index (χ0v) is 15.1. The van der Waals surface area contributed by atoms with Crippen molar-refractivity contribution in [2.75, 3.05) is 27.3 Å². The molecule has 0 aliphatic rings. The average molecular weight is 374 g/mol. The molecular formula is C19H22N2O6. The molecule has 144 valence electrons. The Bertz CT molecular complexity index is 802. The molecule has 0 aliphatic carbocycles. The molecule has 0 radical (unpaired) electrons. The van der Waals surface area contributed by atoms with Gasteiger partial charge in [-0.1, -0.05) is 6.07 Å². The van der Waals surface area contributed by atoms with E-state index in [0.717, 1.165) is 11.6 Å². The lowest BCUT2D eigenvalue weighted by molar-refractivity contribution is -0.120. The van der Waals surface area contributed by atoms with E-state index in [-0.39, 0.29) is 42.5 Å². The topological polar surface area (TPSA) is 117 Å². The SMILES string of the molecule is COc1ccc(CC(=O)NCCNC(=O)c2cc(O)cc(O)c2)cc1OC. The fourth-order valence-corrected chi connectivity index (χ4v) is 2.44. The molecule has 0 atom stereocenters. The van der Waals surface area contributed by atoms with Crippen LogP contribution < -0.4 is 20.1 Å². The lowest BCUT2D eigenvalue weighted by Gasteiger charge is -2.10. The zero-order valence-electron chi connectivity index (χ0n) is 15.1. The van der Waals surface area contributed by atoms with Gasteiger partial charge in [-0.2, -0.15) is 0 Å². The first-order chi connectivity index (χ1) is 12.9. The van der Waals surface area contributed by atoms with Crippen molar-refractivity contribution in [3.8, 4) is 23.0 Å². The molecule has 0 unspecified atom stereocenters. The maximum absolute atomic E-state index is 12.0. The minimum Gasteiger partial charge on any atom is -0.508 e. The number of rotatable bonds is 8. The summed E-state index contributed by atoms with van der Waals surface area (Å²) >= 11 is 0. The Morgan fingerprint density at radius 1 is 0.889 bits per heavy atom. The number of hydrogen-bond acceptors (Lipinski definition) is 6. The third-order valence-electron chi connectivity index (χ3n) is 3.71. The second-order valence-electron chi connectivity index (χ2n) is 5.71. The van der Waals surface area contributed by atoms with Gasteiger partial charge >= 0.3 is 0 Å². The molecule has 0 bridgehead atoms. The van der Waals surface area contributed by atoms with Gasteiger partial charge in [-0.15, -0.1) is 0 Å².